The van der Waals surface area contributed by atoms with Gasteiger partial charge in [-0.15, -0.1) is 0 Å². The SMILES string of the molecule is Cc1cc(S(=O)(=O)N2CCc3cc(=O)n(-c4ccc(F)cc4)cc3C2)n(C)n1. The molecule has 2 aromatic heterocycles. The minimum Gasteiger partial charge on any atom is -0.284 e. The van der Waals surface area contributed by atoms with E-state index in [1.54, 1.807) is 26.2 Å². The van der Waals surface area contributed by atoms with Crippen LogP contribution in [0, 0.1) is 12.7 Å². The topological polar surface area (TPSA) is 77.2 Å². The van der Waals surface area contributed by atoms with Gasteiger partial charge in [-0.1, -0.05) is 0 Å². The number of benzene rings is 1. The number of pyridine rings is 1. The van der Waals surface area contributed by atoms with Crippen LogP contribution in [-0.4, -0.2) is 33.6 Å². The number of hydrogen-bond donors (Lipinski definition) is 0. The van der Waals surface area contributed by atoms with Crippen LogP contribution in [0.25, 0.3) is 5.69 Å². The van der Waals surface area contributed by atoms with Gasteiger partial charge in [-0.3, -0.25) is 14.0 Å². The zero-order chi connectivity index (χ0) is 20.1. The van der Waals surface area contributed by atoms with Gasteiger partial charge in [-0.25, -0.2) is 12.8 Å². The molecule has 0 saturated heterocycles. The third-order valence-corrected chi connectivity index (χ3v) is 6.78. The molecule has 0 saturated carbocycles. The molecule has 0 N–H and O–H groups in total. The van der Waals surface area contributed by atoms with Crippen molar-refractivity contribution in [2.75, 3.05) is 6.54 Å². The van der Waals surface area contributed by atoms with E-state index in [2.05, 4.69) is 5.10 Å². The maximum absolute atomic E-state index is 13.2. The Bertz CT molecular complexity index is 1210. The predicted molar refractivity (Wildman–Crippen MR) is 101 cm³/mol. The highest BCUT2D eigenvalue weighted by Crippen LogP contribution is 2.25. The molecule has 1 aromatic carbocycles. The zero-order valence-electron chi connectivity index (χ0n) is 15.5. The van der Waals surface area contributed by atoms with Crippen molar-refractivity contribution in [2.24, 2.45) is 7.05 Å². The number of aryl methyl sites for hydroxylation is 2. The first kappa shape index (κ1) is 18.6. The Morgan fingerprint density at radius 2 is 1.82 bits per heavy atom. The normalized spacial score (nSPS) is 14.8. The van der Waals surface area contributed by atoms with Gasteiger partial charge in [0.2, 0.25) is 0 Å². The van der Waals surface area contributed by atoms with E-state index in [0.29, 0.717) is 24.3 Å². The van der Waals surface area contributed by atoms with Crippen molar-refractivity contribution in [3.05, 3.63) is 75.6 Å². The minimum absolute atomic E-state index is 0.139. The number of fused-ring (bicyclic) bond motifs is 1. The van der Waals surface area contributed by atoms with Gasteiger partial charge in [0.15, 0.2) is 5.03 Å². The molecule has 7 nitrogen and oxygen atoms in total. The molecule has 0 bridgehead atoms. The highest BCUT2D eigenvalue weighted by Gasteiger charge is 2.31. The van der Waals surface area contributed by atoms with Gasteiger partial charge in [0, 0.05) is 38.1 Å². The molecule has 0 amide bonds. The molecule has 0 spiro atoms. The van der Waals surface area contributed by atoms with E-state index in [0.717, 1.165) is 11.1 Å². The second-order valence-electron chi connectivity index (χ2n) is 6.84. The van der Waals surface area contributed by atoms with Gasteiger partial charge in [-0.05, 0) is 54.8 Å². The first-order valence-electron chi connectivity index (χ1n) is 8.77. The van der Waals surface area contributed by atoms with Crippen LogP contribution in [0.5, 0.6) is 0 Å². The lowest BCUT2D eigenvalue weighted by Crippen LogP contribution is -2.38. The maximum Gasteiger partial charge on any atom is 0.260 e. The van der Waals surface area contributed by atoms with Crippen LogP contribution in [0.2, 0.25) is 0 Å². The molecule has 146 valence electrons. The molecule has 1 aliphatic rings. The molecule has 1 aliphatic heterocycles. The van der Waals surface area contributed by atoms with Gasteiger partial charge in [0.05, 0.1) is 5.69 Å². The molecule has 3 aromatic rings. The quantitative estimate of drug-likeness (QED) is 0.669. The average Bonchev–Trinajstić information content (AvgIpc) is 3.00. The van der Waals surface area contributed by atoms with E-state index in [1.807, 2.05) is 0 Å². The molecule has 28 heavy (non-hydrogen) atoms. The molecule has 4 rings (SSSR count). The maximum atomic E-state index is 13.2. The number of nitrogens with zero attached hydrogens (tertiary/aromatic N) is 4. The molecule has 0 unspecified atom stereocenters. The van der Waals surface area contributed by atoms with Crippen molar-refractivity contribution < 1.29 is 12.8 Å². The van der Waals surface area contributed by atoms with Gasteiger partial charge in [-0.2, -0.15) is 9.40 Å². The summed E-state index contributed by atoms with van der Waals surface area (Å²) in [5.41, 5.74) is 2.50. The number of halogens is 1. The van der Waals surface area contributed by atoms with Crippen LogP contribution < -0.4 is 5.56 Å². The Hall–Kier alpha value is -2.78. The van der Waals surface area contributed by atoms with Crippen molar-refractivity contribution in [2.45, 2.75) is 24.9 Å². The highest BCUT2D eigenvalue weighted by atomic mass is 32.2. The lowest BCUT2D eigenvalue weighted by molar-refractivity contribution is 0.385. The summed E-state index contributed by atoms with van der Waals surface area (Å²) < 4.78 is 43.4. The molecule has 0 atom stereocenters. The molecular weight excluding hydrogens is 383 g/mol. The highest BCUT2D eigenvalue weighted by molar-refractivity contribution is 7.89. The largest absolute Gasteiger partial charge is 0.284 e. The van der Waals surface area contributed by atoms with Crippen molar-refractivity contribution in [3.63, 3.8) is 0 Å². The molecule has 9 heteroatoms. The van der Waals surface area contributed by atoms with Crippen LogP contribution in [0.1, 0.15) is 16.8 Å². The Kier molecular flexibility index (Phi) is 4.43. The molecule has 0 fully saturated rings. The van der Waals surface area contributed by atoms with Gasteiger partial charge in [0.25, 0.3) is 15.6 Å². The third-order valence-electron chi connectivity index (χ3n) is 4.88. The monoisotopic (exact) mass is 402 g/mol. The van der Waals surface area contributed by atoms with E-state index in [4.69, 9.17) is 0 Å². The van der Waals surface area contributed by atoms with Gasteiger partial charge < -0.3 is 0 Å². The molecular formula is C19H19FN4O3S. The summed E-state index contributed by atoms with van der Waals surface area (Å²) in [7, 11) is -2.11. The van der Waals surface area contributed by atoms with Crippen molar-refractivity contribution in [1.29, 1.82) is 0 Å². The number of aromatic nitrogens is 3. The Morgan fingerprint density at radius 1 is 1.11 bits per heavy atom. The summed E-state index contributed by atoms with van der Waals surface area (Å²) >= 11 is 0. The fraction of sp³-hybridized carbons (Fsp3) is 0.263. The van der Waals surface area contributed by atoms with E-state index in [-0.39, 0.29) is 17.1 Å². The van der Waals surface area contributed by atoms with Crippen LogP contribution in [0.3, 0.4) is 0 Å². The fourth-order valence-corrected chi connectivity index (χ4v) is 5.07. The number of sulfonamides is 1. The Labute approximate surface area is 161 Å². The minimum atomic E-state index is -3.71. The smallest absolute Gasteiger partial charge is 0.260 e. The second-order valence-corrected chi connectivity index (χ2v) is 8.73. The number of hydrogen-bond acceptors (Lipinski definition) is 4. The summed E-state index contributed by atoms with van der Waals surface area (Å²) in [4.78, 5) is 12.4. The zero-order valence-corrected chi connectivity index (χ0v) is 16.3. The Morgan fingerprint density at radius 3 is 2.46 bits per heavy atom. The van der Waals surface area contributed by atoms with E-state index < -0.39 is 15.8 Å². The molecule has 0 radical (unpaired) electrons. The lowest BCUT2D eigenvalue weighted by Gasteiger charge is -2.28. The van der Waals surface area contributed by atoms with Crippen molar-refractivity contribution >= 4 is 10.0 Å². The first-order chi connectivity index (χ1) is 13.3. The molecule has 3 heterocycles. The first-order valence-corrected chi connectivity index (χ1v) is 10.2. The number of rotatable bonds is 3. The summed E-state index contributed by atoms with van der Waals surface area (Å²) in [5, 5.41) is 4.26. The van der Waals surface area contributed by atoms with E-state index >= 15 is 0 Å². The fourth-order valence-electron chi connectivity index (χ4n) is 3.47. The van der Waals surface area contributed by atoms with Crippen LogP contribution >= 0.6 is 0 Å². The average molecular weight is 402 g/mol. The van der Waals surface area contributed by atoms with Crippen LogP contribution in [0.15, 0.2) is 52.4 Å². The summed E-state index contributed by atoms with van der Waals surface area (Å²) in [6.45, 7) is 2.19. The van der Waals surface area contributed by atoms with E-state index in [9.17, 15) is 17.6 Å². The Balaban J connectivity index is 1.72. The molecule has 0 aliphatic carbocycles. The summed E-state index contributed by atoms with van der Waals surface area (Å²) in [6, 6.07) is 8.66. The standard InChI is InChI=1S/C19H19FN4O3S/c1-13-9-19(22(2)21-13)28(26,27)23-8-7-14-10-18(25)24(12-15(14)11-23)17-5-3-16(20)4-6-17/h3-6,9-10,12H,7-8,11H2,1-2H3. The van der Waals surface area contributed by atoms with Gasteiger partial charge in [0.1, 0.15) is 5.82 Å². The van der Waals surface area contributed by atoms with E-state index in [1.165, 1.54) is 43.9 Å². The van der Waals surface area contributed by atoms with Crippen LogP contribution in [-0.2, 0) is 30.0 Å². The van der Waals surface area contributed by atoms with Crippen molar-refractivity contribution in [3.8, 4) is 5.69 Å². The third kappa shape index (κ3) is 3.16. The summed E-state index contributed by atoms with van der Waals surface area (Å²) in [5.74, 6) is -0.390. The predicted octanol–water partition coefficient (Wildman–Crippen LogP) is 1.77. The van der Waals surface area contributed by atoms with Gasteiger partial charge >= 0.3 is 0 Å². The van der Waals surface area contributed by atoms with Crippen molar-refractivity contribution in [1.82, 2.24) is 18.7 Å². The van der Waals surface area contributed by atoms with Crippen LogP contribution in [0.4, 0.5) is 4.39 Å². The summed E-state index contributed by atoms with van der Waals surface area (Å²) in [6.07, 6.45) is 2.09. The lowest BCUT2D eigenvalue weighted by atomic mass is 10.0. The second kappa shape index (κ2) is 6.68.